The number of carbonyl (C=O) groups excluding carboxylic acids is 1. The number of anilines is 1. The minimum Gasteiger partial charge on any atom is -0.412 e. The van der Waals surface area contributed by atoms with E-state index in [1.165, 1.54) is 5.56 Å². The molecule has 0 aliphatic carbocycles. The summed E-state index contributed by atoms with van der Waals surface area (Å²) in [6, 6.07) is 5.15. The summed E-state index contributed by atoms with van der Waals surface area (Å²) >= 11 is 0. The molecule has 98 valence electrons. The lowest BCUT2D eigenvalue weighted by Gasteiger charge is -2.03. The lowest BCUT2D eigenvalue weighted by atomic mass is 10.1. The minimum absolute atomic E-state index is 0. The number of rotatable bonds is 4. The van der Waals surface area contributed by atoms with E-state index in [0.29, 0.717) is 0 Å². The standard InChI is InChI=1S/C12H16N4O.H2O/c1-14-5-4-8-7-15-11-3-2-9(6-10(8)11)16-12(13)17;/h2-3,6-7,14-15H,4-5H2,1H3,(H3,13,16,17);1H2. The molecule has 7 N–H and O–H groups in total. The Bertz CT molecular complexity index is 536. The molecule has 0 aliphatic rings. The molecular weight excluding hydrogens is 232 g/mol. The Kier molecular flexibility index (Phi) is 4.70. The van der Waals surface area contributed by atoms with E-state index >= 15 is 0 Å². The summed E-state index contributed by atoms with van der Waals surface area (Å²) in [6.45, 7) is 0.917. The van der Waals surface area contributed by atoms with Gasteiger partial charge < -0.3 is 26.8 Å². The topological polar surface area (TPSA) is 114 Å². The zero-order valence-corrected chi connectivity index (χ0v) is 10.2. The van der Waals surface area contributed by atoms with E-state index in [0.717, 1.165) is 29.6 Å². The van der Waals surface area contributed by atoms with Crippen LogP contribution in [0.15, 0.2) is 24.4 Å². The quantitative estimate of drug-likeness (QED) is 0.636. The highest BCUT2D eigenvalue weighted by Crippen LogP contribution is 2.22. The molecule has 1 aromatic carbocycles. The third kappa shape index (κ3) is 2.99. The van der Waals surface area contributed by atoms with Crippen molar-refractivity contribution in [2.45, 2.75) is 6.42 Å². The van der Waals surface area contributed by atoms with Crippen LogP contribution >= 0.6 is 0 Å². The Labute approximate surface area is 105 Å². The maximum atomic E-state index is 10.8. The van der Waals surface area contributed by atoms with Crippen molar-refractivity contribution in [1.29, 1.82) is 0 Å². The molecule has 0 fully saturated rings. The van der Waals surface area contributed by atoms with E-state index < -0.39 is 6.03 Å². The number of aromatic amines is 1. The van der Waals surface area contributed by atoms with E-state index in [1.807, 2.05) is 31.4 Å². The summed E-state index contributed by atoms with van der Waals surface area (Å²) in [6.07, 6.45) is 2.94. The number of benzene rings is 1. The van der Waals surface area contributed by atoms with Crippen LogP contribution in [0.3, 0.4) is 0 Å². The monoisotopic (exact) mass is 250 g/mol. The van der Waals surface area contributed by atoms with Crippen LogP contribution in [0.25, 0.3) is 10.9 Å². The predicted octanol–water partition coefficient (Wildman–Crippen LogP) is 0.596. The molecule has 0 saturated heterocycles. The Hall–Kier alpha value is -2.05. The minimum atomic E-state index is -0.545. The van der Waals surface area contributed by atoms with Crippen LogP contribution in [0.1, 0.15) is 5.56 Å². The zero-order valence-electron chi connectivity index (χ0n) is 10.2. The van der Waals surface area contributed by atoms with Gasteiger partial charge in [-0.15, -0.1) is 0 Å². The number of carbonyl (C=O) groups is 1. The maximum absolute atomic E-state index is 10.8. The summed E-state index contributed by atoms with van der Waals surface area (Å²) < 4.78 is 0. The van der Waals surface area contributed by atoms with Gasteiger partial charge in [-0.2, -0.15) is 0 Å². The Morgan fingerprint density at radius 3 is 2.89 bits per heavy atom. The van der Waals surface area contributed by atoms with Gasteiger partial charge in [0.25, 0.3) is 0 Å². The van der Waals surface area contributed by atoms with Crippen LogP contribution in [0.4, 0.5) is 10.5 Å². The molecule has 2 aromatic rings. The van der Waals surface area contributed by atoms with Gasteiger partial charge in [0, 0.05) is 22.8 Å². The summed E-state index contributed by atoms with van der Waals surface area (Å²) in [5, 5.41) is 6.81. The largest absolute Gasteiger partial charge is 0.412 e. The molecule has 0 saturated carbocycles. The first-order valence-electron chi connectivity index (χ1n) is 5.52. The number of fused-ring (bicyclic) bond motifs is 1. The molecule has 2 amide bonds. The van der Waals surface area contributed by atoms with Gasteiger partial charge in [-0.05, 0) is 43.8 Å². The van der Waals surface area contributed by atoms with Crippen LogP contribution in [0.5, 0.6) is 0 Å². The number of nitrogens with one attached hydrogen (secondary N) is 3. The molecule has 2 rings (SSSR count). The van der Waals surface area contributed by atoms with Crippen molar-refractivity contribution in [2.24, 2.45) is 5.73 Å². The Morgan fingerprint density at radius 2 is 2.22 bits per heavy atom. The van der Waals surface area contributed by atoms with Crippen LogP contribution in [0.2, 0.25) is 0 Å². The van der Waals surface area contributed by atoms with Gasteiger partial charge in [0.05, 0.1) is 0 Å². The van der Waals surface area contributed by atoms with Crippen molar-refractivity contribution < 1.29 is 10.3 Å². The van der Waals surface area contributed by atoms with E-state index in [2.05, 4.69) is 15.6 Å². The second-order valence-electron chi connectivity index (χ2n) is 3.92. The lowest BCUT2D eigenvalue weighted by Crippen LogP contribution is -2.19. The summed E-state index contributed by atoms with van der Waals surface area (Å²) in [7, 11) is 1.93. The van der Waals surface area contributed by atoms with Crippen molar-refractivity contribution >= 4 is 22.6 Å². The molecule has 6 heteroatoms. The second kappa shape index (κ2) is 6.04. The molecule has 1 aromatic heterocycles. The average Bonchev–Trinajstić information content (AvgIpc) is 2.68. The smallest absolute Gasteiger partial charge is 0.316 e. The molecule has 6 nitrogen and oxygen atoms in total. The molecule has 0 aliphatic heterocycles. The van der Waals surface area contributed by atoms with Crippen LogP contribution in [0, 0.1) is 0 Å². The molecule has 0 radical (unpaired) electrons. The highest BCUT2D eigenvalue weighted by atomic mass is 16.2. The fourth-order valence-electron chi connectivity index (χ4n) is 1.86. The van der Waals surface area contributed by atoms with Crippen molar-refractivity contribution in [1.82, 2.24) is 10.3 Å². The van der Waals surface area contributed by atoms with Crippen molar-refractivity contribution in [3.05, 3.63) is 30.0 Å². The van der Waals surface area contributed by atoms with Crippen molar-refractivity contribution in [3.63, 3.8) is 0 Å². The number of aromatic nitrogens is 1. The lowest BCUT2D eigenvalue weighted by molar-refractivity contribution is 0.259. The SMILES string of the molecule is CNCCc1c[nH]c2ccc(NC(N)=O)cc12.O. The molecule has 0 spiro atoms. The first kappa shape index (κ1) is 14.0. The number of hydrogen-bond donors (Lipinski definition) is 4. The van der Waals surface area contributed by atoms with Gasteiger partial charge >= 0.3 is 6.03 Å². The normalized spacial score (nSPS) is 10.1. The van der Waals surface area contributed by atoms with E-state index in [1.54, 1.807) is 0 Å². The van der Waals surface area contributed by atoms with Crippen molar-refractivity contribution in [2.75, 3.05) is 18.9 Å². The highest BCUT2D eigenvalue weighted by Gasteiger charge is 2.05. The molecule has 0 unspecified atom stereocenters. The number of urea groups is 1. The average molecular weight is 250 g/mol. The highest BCUT2D eigenvalue weighted by molar-refractivity contribution is 5.93. The van der Waals surface area contributed by atoms with E-state index in [4.69, 9.17) is 5.73 Å². The third-order valence-electron chi connectivity index (χ3n) is 2.68. The van der Waals surface area contributed by atoms with Gasteiger partial charge in [0.1, 0.15) is 0 Å². The molecule has 0 bridgehead atoms. The van der Waals surface area contributed by atoms with Gasteiger partial charge in [0.2, 0.25) is 0 Å². The second-order valence-corrected chi connectivity index (χ2v) is 3.92. The molecular formula is C12H18N4O2. The fourth-order valence-corrected chi connectivity index (χ4v) is 1.86. The predicted molar refractivity (Wildman–Crippen MR) is 72.7 cm³/mol. The van der Waals surface area contributed by atoms with Crippen LogP contribution in [-0.2, 0) is 6.42 Å². The first-order chi connectivity index (χ1) is 8.20. The first-order valence-corrected chi connectivity index (χ1v) is 5.52. The maximum Gasteiger partial charge on any atom is 0.316 e. The number of amides is 2. The number of H-pyrrole nitrogens is 1. The molecule has 0 atom stereocenters. The third-order valence-corrected chi connectivity index (χ3v) is 2.68. The summed E-state index contributed by atoms with van der Waals surface area (Å²) in [4.78, 5) is 14.0. The summed E-state index contributed by atoms with van der Waals surface area (Å²) in [5.74, 6) is 0. The number of nitrogens with two attached hydrogens (primary N) is 1. The fraction of sp³-hybridized carbons (Fsp3) is 0.250. The number of likely N-dealkylation sites (N-methyl/N-ethyl adjacent to an activating group) is 1. The number of hydrogen-bond acceptors (Lipinski definition) is 2. The van der Waals surface area contributed by atoms with Gasteiger partial charge in [-0.3, -0.25) is 0 Å². The zero-order chi connectivity index (χ0) is 12.3. The van der Waals surface area contributed by atoms with E-state index in [9.17, 15) is 4.79 Å². The number of primary amides is 1. The van der Waals surface area contributed by atoms with Gasteiger partial charge in [0.15, 0.2) is 0 Å². The van der Waals surface area contributed by atoms with Crippen LogP contribution < -0.4 is 16.4 Å². The van der Waals surface area contributed by atoms with Crippen molar-refractivity contribution in [3.8, 4) is 0 Å². The van der Waals surface area contributed by atoms with E-state index in [-0.39, 0.29) is 5.48 Å². The summed E-state index contributed by atoms with van der Waals surface area (Å²) in [5.41, 5.74) is 8.10. The van der Waals surface area contributed by atoms with Crippen LogP contribution in [-0.4, -0.2) is 30.1 Å². The van der Waals surface area contributed by atoms with Gasteiger partial charge in [-0.1, -0.05) is 0 Å². The Morgan fingerprint density at radius 1 is 1.44 bits per heavy atom. The van der Waals surface area contributed by atoms with Gasteiger partial charge in [-0.25, -0.2) is 4.79 Å². The molecule has 18 heavy (non-hydrogen) atoms. The Balaban J connectivity index is 0.00000162. The molecule has 1 heterocycles.